The summed E-state index contributed by atoms with van der Waals surface area (Å²) in [5.74, 6) is 2.60. The fourth-order valence-corrected chi connectivity index (χ4v) is 3.96. The molecule has 2 aliphatic heterocycles. The summed E-state index contributed by atoms with van der Waals surface area (Å²) >= 11 is 0. The van der Waals surface area contributed by atoms with Crippen LogP contribution < -0.4 is 21.1 Å². The highest BCUT2D eigenvalue weighted by atomic mass is 16.5. The van der Waals surface area contributed by atoms with Gasteiger partial charge < -0.3 is 26.0 Å². The zero-order valence-corrected chi connectivity index (χ0v) is 16.1. The highest BCUT2D eigenvalue weighted by Crippen LogP contribution is 2.26. The second-order valence-electron chi connectivity index (χ2n) is 7.68. The molecule has 0 amide bonds. The van der Waals surface area contributed by atoms with Crippen molar-refractivity contribution in [3.05, 3.63) is 47.7 Å². The third-order valence-corrected chi connectivity index (χ3v) is 5.73. The Bertz CT molecular complexity index is 829. The molecule has 7 nitrogen and oxygen atoms in total. The number of nitrogens with two attached hydrogens (primary N) is 2. The van der Waals surface area contributed by atoms with Gasteiger partial charge in [-0.3, -0.25) is 5.41 Å². The number of fused-ring (bicyclic) bond motifs is 1. The average Bonchev–Trinajstić information content (AvgIpc) is 2.72. The number of rotatable bonds is 4. The van der Waals surface area contributed by atoms with Crippen molar-refractivity contribution >= 4 is 17.5 Å². The van der Waals surface area contributed by atoms with Crippen LogP contribution in [0.4, 0.5) is 11.5 Å². The maximum absolute atomic E-state index is 7.65. The van der Waals surface area contributed by atoms with Gasteiger partial charge in [-0.2, -0.15) is 0 Å². The number of ether oxygens (including phenoxy) is 1. The molecule has 7 heteroatoms. The molecule has 1 aromatic heterocycles. The van der Waals surface area contributed by atoms with Crippen LogP contribution in [0.5, 0.6) is 5.75 Å². The van der Waals surface area contributed by atoms with Gasteiger partial charge >= 0.3 is 0 Å². The van der Waals surface area contributed by atoms with E-state index in [1.807, 2.05) is 17.0 Å². The fraction of sp³-hybridized carbons (Fsp3) is 0.429. The van der Waals surface area contributed by atoms with Gasteiger partial charge in [-0.05, 0) is 60.6 Å². The van der Waals surface area contributed by atoms with E-state index >= 15 is 0 Å². The standard InChI is InChI=1S/C21H28N6O/c22-18-2-4-20(25-12-18)26-8-5-15(6-9-26)14-28-19-3-1-16-7-10-27(21(23)24)13-17(16)11-19/h1-4,11-12,15H,5-10,13-14,22H2,(H3,23,24). The van der Waals surface area contributed by atoms with Gasteiger partial charge in [0.05, 0.1) is 18.5 Å². The first-order valence-electron chi connectivity index (χ1n) is 9.88. The third kappa shape index (κ3) is 4.13. The van der Waals surface area contributed by atoms with Crippen molar-refractivity contribution in [1.29, 1.82) is 5.41 Å². The highest BCUT2D eigenvalue weighted by molar-refractivity contribution is 5.75. The number of benzene rings is 1. The summed E-state index contributed by atoms with van der Waals surface area (Å²) in [6.07, 6.45) is 4.82. The number of nitrogens with zero attached hydrogens (tertiary/aromatic N) is 3. The van der Waals surface area contributed by atoms with Gasteiger partial charge in [-0.1, -0.05) is 6.07 Å². The van der Waals surface area contributed by atoms with Gasteiger partial charge in [0.2, 0.25) is 0 Å². The summed E-state index contributed by atoms with van der Waals surface area (Å²) in [5, 5.41) is 7.65. The van der Waals surface area contributed by atoms with E-state index in [2.05, 4.69) is 28.1 Å². The minimum Gasteiger partial charge on any atom is -0.493 e. The Morgan fingerprint density at radius 2 is 1.96 bits per heavy atom. The van der Waals surface area contributed by atoms with E-state index in [4.69, 9.17) is 21.6 Å². The molecule has 0 aliphatic carbocycles. The van der Waals surface area contributed by atoms with Crippen LogP contribution in [0.15, 0.2) is 36.5 Å². The van der Waals surface area contributed by atoms with Crippen molar-refractivity contribution < 1.29 is 4.74 Å². The van der Waals surface area contributed by atoms with Crippen molar-refractivity contribution in [3.63, 3.8) is 0 Å². The number of anilines is 2. The normalized spacial score (nSPS) is 17.3. The predicted octanol–water partition coefficient (Wildman–Crippen LogP) is 2.21. The minimum absolute atomic E-state index is 0.138. The molecular weight excluding hydrogens is 352 g/mol. The van der Waals surface area contributed by atoms with Crippen molar-refractivity contribution in [2.75, 3.05) is 36.9 Å². The Kier molecular flexibility index (Phi) is 5.23. The molecule has 2 aromatic rings. The van der Waals surface area contributed by atoms with Crippen molar-refractivity contribution in [2.24, 2.45) is 11.7 Å². The van der Waals surface area contributed by atoms with Crippen molar-refractivity contribution in [3.8, 4) is 5.75 Å². The molecule has 2 aliphatic rings. The van der Waals surface area contributed by atoms with E-state index in [9.17, 15) is 0 Å². The Morgan fingerprint density at radius 3 is 2.68 bits per heavy atom. The molecule has 0 atom stereocenters. The molecule has 5 N–H and O–H groups in total. The molecule has 0 saturated carbocycles. The lowest BCUT2D eigenvalue weighted by molar-refractivity contribution is 0.222. The van der Waals surface area contributed by atoms with Gasteiger partial charge in [0.25, 0.3) is 0 Å². The average molecular weight is 380 g/mol. The van der Waals surface area contributed by atoms with Gasteiger partial charge in [0.1, 0.15) is 11.6 Å². The van der Waals surface area contributed by atoms with Crippen LogP contribution in [0.2, 0.25) is 0 Å². The number of pyridine rings is 1. The molecule has 3 heterocycles. The molecule has 0 unspecified atom stereocenters. The summed E-state index contributed by atoms with van der Waals surface area (Å²) in [5.41, 5.74) is 14.6. The van der Waals surface area contributed by atoms with Crippen LogP contribution in [0.3, 0.4) is 0 Å². The first-order chi connectivity index (χ1) is 13.6. The van der Waals surface area contributed by atoms with Gasteiger partial charge in [-0.25, -0.2) is 4.98 Å². The van der Waals surface area contributed by atoms with Gasteiger partial charge in [0.15, 0.2) is 5.96 Å². The smallest absolute Gasteiger partial charge is 0.188 e. The zero-order valence-electron chi connectivity index (χ0n) is 16.1. The van der Waals surface area contributed by atoms with E-state index in [-0.39, 0.29) is 5.96 Å². The molecule has 148 valence electrons. The summed E-state index contributed by atoms with van der Waals surface area (Å²) < 4.78 is 6.11. The molecule has 1 fully saturated rings. The van der Waals surface area contributed by atoms with Crippen LogP contribution in [0.1, 0.15) is 24.0 Å². The zero-order chi connectivity index (χ0) is 19.5. The summed E-state index contributed by atoms with van der Waals surface area (Å²) in [6, 6.07) is 10.2. The molecule has 0 bridgehead atoms. The highest BCUT2D eigenvalue weighted by Gasteiger charge is 2.21. The summed E-state index contributed by atoms with van der Waals surface area (Å²) in [4.78, 5) is 8.63. The van der Waals surface area contributed by atoms with Crippen LogP contribution in [0, 0.1) is 11.3 Å². The first-order valence-corrected chi connectivity index (χ1v) is 9.88. The fourth-order valence-electron chi connectivity index (χ4n) is 3.96. The second kappa shape index (κ2) is 7.96. The summed E-state index contributed by atoms with van der Waals surface area (Å²) in [6.45, 7) is 4.21. The van der Waals surface area contributed by atoms with Crippen molar-refractivity contribution in [2.45, 2.75) is 25.8 Å². The van der Waals surface area contributed by atoms with Crippen molar-refractivity contribution in [1.82, 2.24) is 9.88 Å². The van der Waals surface area contributed by atoms with E-state index in [0.29, 0.717) is 18.2 Å². The van der Waals surface area contributed by atoms with Crippen LogP contribution in [-0.4, -0.2) is 42.1 Å². The first kappa shape index (κ1) is 18.4. The lowest BCUT2D eigenvalue weighted by Gasteiger charge is -2.33. The maximum atomic E-state index is 7.65. The van der Waals surface area contributed by atoms with Crippen LogP contribution in [-0.2, 0) is 13.0 Å². The number of nitrogen functional groups attached to an aromatic ring is 1. The Labute approximate surface area is 165 Å². The molecular formula is C21H28N6O. The van der Waals surface area contributed by atoms with E-state index < -0.39 is 0 Å². The molecule has 4 rings (SSSR count). The lowest BCUT2D eigenvalue weighted by atomic mass is 9.97. The number of hydrogen-bond donors (Lipinski definition) is 3. The van der Waals surface area contributed by atoms with E-state index in [1.54, 1.807) is 6.20 Å². The minimum atomic E-state index is 0.138. The number of guanidine groups is 1. The molecule has 1 aromatic carbocycles. The van der Waals surface area contributed by atoms with Crippen LogP contribution >= 0.6 is 0 Å². The third-order valence-electron chi connectivity index (χ3n) is 5.73. The topological polar surface area (TPSA) is 104 Å². The molecule has 0 spiro atoms. The Hall–Kier alpha value is -2.96. The number of piperidine rings is 1. The number of hydrogen-bond acceptors (Lipinski definition) is 5. The molecule has 28 heavy (non-hydrogen) atoms. The monoisotopic (exact) mass is 380 g/mol. The van der Waals surface area contributed by atoms with Gasteiger partial charge in [-0.15, -0.1) is 0 Å². The van der Waals surface area contributed by atoms with Gasteiger partial charge in [0, 0.05) is 26.2 Å². The largest absolute Gasteiger partial charge is 0.493 e. The van der Waals surface area contributed by atoms with E-state index in [1.165, 1.54) is 11.1 Å². The second-order valence-corrected chi connectivity index (χ2v) is 7.68. The Morgan fingerprint density at radius 1 is 1.14 bits per heavy atom. The lowest BCUT2D eigenvalue weighted by Crippen LogP contribution is -2.40. The number of nitrogens with one attached hydrogen (secondary N) is 1. The summed E-state index contributed by atoms with van der Waals surface area (Å²) in [7, 11) is 0. The van der Waals surface area contributed by atoms with E-state index in [0.717, 1.165) is 57.1 Å². The maximum Gasteiger partial charge on any atom is 0.188 e. The predicted molar refractivity (Wildman–Crippen MR) is 112 cm³/mol. The molecule has 0 radical (unpaired) electrons. The Balaban J connectivity index is 1.29. The van der Waals surface area contributed by atoms with Crippen LogP contribution in [0.25, 0.3) is 0 Å². The quantitative estimate of drug-likeness (QED) is 0.555. The number of aromatic nitrogens is 1. The molecule has 1 saturated heterocycles. The SMILES string of the molecule is N=C(N)N1CCc2ccc(OCC3CCN(c4ccc(N)cn4)CC3)cc2C1.